The van der Waals surface area contributed by atoms with E-state index in [0.29, 0.717) is 6.54 Å². The molecule has 1 aliphatic carbocycles. The Kier molecular flexibility index (Phi) is 3.64. The fraction of sp³-hybridized carbons (Fsp3) is 0.353. The Balaban J connectivity index is 2.06. The highest BCUT2D eigenvalue weighted by molar-refractivity contribution is 5.31. The molecule has 4 heteroatoms. The molecule has 1 aliphatic rings. The molecule has 1 atom stereocenters. The van der Waals surface area contributed by atoms with E-state index in [0.717, 1.165) is 41.6 Å². The first kappa shape index (κ1) is 14.0. The van der Waals surface area contributed by atoms with Gasteiger partial charge in [-0.3, -0.25) is 4.79 Å². The van der Waals surface area contributed by atoms with Crippen LogP contribution >= 0.6 is 0 Å². The predicted molar refractivity (Wildman–Crippen MR) is 80.8 cm³/mol. The predicted octanol–water partition coefficient (Wildman–Crippen LogP) is 2.68. The molecule has 1 aromatic heterocycles. The highest BCUT2D eigenvalue weighted by atomic mass is 19.1. The van der Waals surface area contributed by atoms with Crippen LogP contribution in [0.15, 0.2) is 35.1 Å². The molecule has 3 nitrogen and oxygen atoms in total. The van der Waals surface area contributed by atoms with Gasteiger partial charge in [0.15, 0.2) is 0 Å². The van der Waals surface area contributed by atoms with Crippen molar-refractivity contribution in [2.75, 3.05) is 0 Å². The van der Waals surface area contributed by atoms with Crippen LogP contribution in [0.4, 0.5) is 4.39 Å². The third-order valence-corrected chi connectivity index (χ3v) is 4.29. The molecule has 2 N–H and O–H groups in total. The standard InChI is InChI=1S/C17H19FN2O/c1-11-9-13(18)6-5-12(11)10-20-16-4-2-3-15(19)14(16)7-8-17(20)21/h5-9,15H,2-4,10,19H2,1H3. The van der Waals surface area contributed by atoms with Crippen LogP contribution in [0.25, 0.3) is 0 Å². The molecule has 110 valence electrons. The Morgan fingerprint density at radius 2 is 2.14 bits per heavy atom. The maximum Gasteiger partial charge on any atom is 0.251 e. The number of aryl methyl sites for hydroxylation is 1. The molecule has 1 unspecified atom stereocenters. The lowest BCUT2D eigenvalue weighted by molar-refractivity contribution is 0.529. The summed E-state index contributed by atoms with van der Waals surface area (Å²) in [5.74, 6) is -0.249. The van der Waals surface area contributed by atoms with Crippen molar-refractivity contribution in [1.82, 2.24) is 4.57 Å². The number of benzene rings is 1. The molecular formula is C17H19FN2O. The molecule has 3 rings (SSSR count). The summed E-state index contributed by atoms with van der Waals surface area (Å²) in [5.41, 5.74) is 10.0. The van der Waals surface area contributed by atoms with Gasteiger partial charge in [-0.05, 0) is 55.0 Å². The second kappa shape index (κ2) is 5.45. The van der Waals surface area contributed by atoms with Crippen molar-refractivity contribution in [3.05, 3.63) is 68.9 Å². The van der Waals surface area contributed by atoms with Gasteiger partial charge in [-0.25, -0.2) is 4.39 Å². The number of hydrogen-bond donors (Lipinski definition) is 1. The van der Waals surface area contributed by atoms with Gasteiger partial charge in [-0.2, -0.15) is 0 Å². The van der Waals surface area contributed by atoms with Gasteiger partial charge >= 0.3 is 0 Å². The molecule has 2 aromatic rings. The van der Waals surface area contributed by atoms with Gasteiger partial charge in [0.25, 0.3) is 5.56 Å². The van der Waals surface area contributed by atoms with Gasteiger partial charge in [-0.15, -0.1) is 0 Å². The number of aromatic nitrogens is 1. The lowest BCUT2D eigenvalue weighted by atomic mass is 9.91. The van der Waals surface area contributed by atoms with Gasteiger partial charge in [0.1, 0.15) is 5.82 Å². The Morgan fingerprint density at radius 1 is 1.33 bits per heavy atom. The zero-order valence-corrected chi connectivity index (χ0v) is 12.1. The highest BCUT2D eigenvalue weighted by Crippen LogP contribution is 2.27. The van der Waals surface area contributed by atoms with Crippen molar-refractivity contribution < 1.29 is 4.39 Å². The van der Waals surface area contributed by atoms with Crippen LogP contribution in [-0.4, -0.2) is 4.57 Å². The highest BCUT2D eigenvalue weighted by Gasteiger charge is 2.20. The molecule has 0 fully saturated rings. The molecular weight excluding hydrogens is 267 g/mol. The topological polar surface area (TPSA) is 48.0 Å². The number of nitrogens with two attached hydrogens (primary N) is 1. The Hall–Kier alpha value is -1.94. The van der Waals surface area contributed by atoms with E-state index in [1.165, 1.54) is 12.1 Å². The van der Waals surface area contributed by atoms with E-state index in [2.05, 4.69) is 0 Å². The largest absolute Gasteiger partial charge is 0.324 e. The van der Waals surface area contributed by atoms with Crippen LogP contribution in [0, 0.1) is 12.7 Å². The summed E-state index contributed by atoms with van der Waals surface area (Å²) in [7, 11) is 0. The van der Waals surface area contributed by atoms with E-state index in [1.807, 2.05) is 13.0 Å². The molecule has 0 saturated carbocycles. The normalized spacial score (nSPS) is 17.6. The Morgan fingerprint density at radius 3 is 2.90 bits per heavy atom. The average Bonchev–Trinajstić information content (AvgIpc) is 2.44. The summed E-state index contributed by atoms with van der Waals surface area (Å²) in [6.07, 6.45) is 2.83. The Labute approximate surface area is 123 Å². The SMILES string of the molecule is Cc1cc(F)ccc1Cn1c2c(ccc1=O)C(N)CCC2. The van der Waals surface area contributed by atoms with Crippen LogP contribution in [0.1, 0.15) is 41.3 Å². The first-order chi connectivity index (χ1) is 10.1. The second-order valence-corrected chi connectivity index (χ2v) is 5.73. The molecule has 0 aliphatic heterocycles. The van der Waals surface area contributed by atoms with Gasteiger partial charge in [-0.1, -0.05) is 12.1 Å². The van der Waals surface area contributed by atoms with Crippen LogP contribution < -0.4 is 11.3 Å². The van der Waals surface area contributed by atoms with Crippen molar-refractivity contribution in [1.29, 1.82) is 0 Å². The van der Waals surface area contributed by atoms with Gasteiger partial charge in [0.2, 0.25) is 0 Å². The van der Waals surface area contributed by atoms with E-state index in [9.17, 15) is 9.18 Å². The first-order valence-corrected chi connectivity index (χ1v) is 7.29. The fourth-order valence-electron chi connectivity index (χ4n) is 3.08. The number of fused-ring (bicyclic) bond motifs is 1. The van der Waals surface area contributed by atoms with E-state index < -0.39 is 0 Å². The van der Waals surface area contributed by atoms with Crippen LogP contribution in [0.2, 0.25) is 0 Å². The molecule has 0 radical (unpaired) electrons. The van der Waals surface area contributed by atoms with E-state index in [1.54, 1.807) is 16.7 Å². The van der Waals surface area contributed by atoms with Crippen molar-refractivity contribution in [3.63, 3.8) is 0 Å². The quantitative estimate of drug-likeness (QED) is 0.922. The monoisotopic (exact) mass is 286 g/mol. The maximum absolute atomic E-state index is 13.2. The summed E-state index contributed by atoms with van der Waals surface area (Å²) in [5, 5.41) is 0. The fourth-order valence-corrected chi connectivity index (χ4v) is 3.08. The number of hydrogen-bond acceptors (Lipinski definition) is 2. The number of rotatable bonds is 2. The van der Waals surface area contributed by atoms with E-state index in [-0.39, 0.29) is 17.4 Å². The molecule has 0 amide bonds. The van der Waals surface area contributed by atoms with Crippen molar-refractivity contribution >= 4 is 0 Å². The summed E-state index contributed by atoms with van der Waals surface area (Å²) < 4.78 is 15.0. The zero-order chi connectivity index (χ0) is 15.0. The number of pyridine rings is 1. The van der Waals surface area contributed by atoms with E-state index >= 15 is 0 Å². The van der Waals surface area contributed by atoms with Crippen molar-refractivity contribution in [3.8, 4) is 0 Å². The number of halogens is 1. The second-order valence-electron chi connectivity index (χ2n) is 5.73. The van der Waals surface area contributed by atoms with Crippen molar-refractivity contribution in [2.24, 2.45) is 5.73 Å². The minimum atomic E-state index is -0.249. The molecule has 21 heavy (non-hydrogen) atoms. The molecule has 0 saturated heterocycles. The van der Waals surface area contributed by atoms with Gasteiger partial charge in [0, 0.05) is 17.8 Å². The molecule has 0 spiro atoms. The van der Waals surface area contributed by atoms with Crippen LogP contribution in [-0.2, 0) is 13.0 Å². The van der Waals surface area contributed by atoms with Gasteiger partial charge < -0.3 is 10.3 Å². The molecule has 0 bridgehead atoms. The van der Waals surface area contributed by atoms with Crippen LogP contribution in [0.5, 0.6) is 0 Å². The maximum atomic E-state index is 13.2. The number of nitrogens with zero attached hydrogens (tertiary/aromatic N) is 1. The summed E-state index contributed by atoms with van der Waals surface area (Å²) in [6, 6.07) is 8.14. The average molecular weight is 286 g/mol. The van der Waals surface area contributed by atoms with E-state index in [4.69, 9.17) is 5.73 Å². The summed E-state index contributed by atoms with van der Waals surface area (Å²) in [4.78, 5) is 12.2. The molecule has 1 heterocycles. The van der Waals surface area contributed by atoms with Crippen LogP contribution in [0.3, 0.4) is 0 Å². The smallest absolute Gasteiger partial charge is 0.251 e. The Bertz CT molecular complexity index is 736. The summed E-state index contributed by atoms with van der Waals surface area (Å²) >= 11 is 0. The minimum Gasteiger partial charge on any atom is -0.324 e. The van der Waals surface area contributed by atoms with Gasteiger partial charge in [0.05, 0.1) is 6.54 Å². The third-order valence-electron chi connectivity index (χ3n) is 4.29. The van der Waals surface area contributed by atoms with Crippen molar-refractivity contribution in [2.45, 2.75) is 38.8 Å². The first-order valence-electron chi connectivity index (χ1n) is 7.29. The lowest BCUT2D eigenvalue weighted by Gasteiger charge is -2.25. The zero-order valence-electron chi connectivity index (χ0n) is 12.1. The summed E-state index contributed by atoms with van der Waals surface area (Å²) in [6.45, 7) is 2.34. The minimum absolute atomic E-state index is 0.00918. The third kappa shape index (κ3) is 2.63. The molecule has 1 aromatic carbocycles. The lowest BCUT2D eigenvalue weighted by Crippen LogP contribution is -2.29.